The van der Waals surface area contributed by atoms with Gasteiger partial charge in [0.2, 0.25) is 10.0 Å². The maximum Gasteiger partial charge on any atom is 0.416 e. The Bertz CT molecular complexity index is 585. The number of halogens is 3. The molecule has 0 aromatic heterocycles. The molecule has 0 saturated carbocycles. The van der Waals surface area contributed by atoms with E-state index in [0.717, 1.165) is 18.2 Å². The summed E-state index contributed by atoms with van der Waals surface area (Å²) in [5.74, 6) is -1.01. The van der Waals surface area contributed by atoms with E-state index in [9.17, 15) is 26.4 Å². The molecule has 0 aliphatic heterocycles. The molecular weight excluding hydrogens is 297 g/mol. The molecule has 0 fully saturated rings. The van der Waals surface area contributed by atoms with Crippen LogP contribution in [-0.4, -0.2) is 26.6 Å². The summed E-state index contributed by atoms with van der Waals surface area (Å²) in [7, 11) is -3.61. The average molecular weight is 310 g/mol. The Hall–Kier alpha value is -1.61. The van der Waals surface area contributed by atoms with Crippen molar-refractivity contribution in [2.45, 2.75) is 12.6 Å². The quantitative estimate of drug-likeness (QED) is 0.799. The van der Waals surface area contributed by atoms with E-state index in [2.05, 4.69) is 5.32 Å². The van der Waals surface area contributed by atoms with Crippen LogP contribution in [0.25, 0.3) is 0 Å². The molecule has 1 rings (SSSR count). The van der Waals surface area contributed by atoms with E-state index in [-0.39, 0.29) is 24.3 Å². The first-order chi connectivity index (χ1) is 9.09. The molecule has 0 unspecified atom stereocenters. The molecular formula is C11H13F3N2O3S. The van der Waals surface area contributed by atoms with Crippen molar-refractivity contribution in [3.05, 3.63) is 35.4 Å². The molecule has 0 heterocycles. The number of hydrogen-bond donors (Lipinski definition) is 2. The van der Waals surface area contributed by atoms with Gasteiger partial charge in [-0.2, -0.15) is 13.2 Å². The van der Waals surface area contributed by atoms with Crippen molar-refractivity contribution in [3.8, 4) is 0 Å². The van der Waals surface area contributed by atoms with Crippen LogP contribution < -0.4 is 10.5 Å². The molecule has 1 amide bonds. The van der Waals surface area contributed by atoms with Crippen LogP contribution in [0, 0.1) is 0 Å². The first kappa shape index (κ1) is 16.4. The predicted octanol–water partition coefficient (Wildman–Crippen LogP) is 1.11. The Kier molecular flexibility index (Phi) is 5.12. The molecule has 0 aliphatic rings. The van der Waals surface area contributed by atoms with E-state index in [4.69, 9.17) is 5.14 Å². The minimum Gasteiger partial charge on any atom is -0.352 e. The van der Waals surface area contributed by atoms with Crippen LogP contribution >= 0.6 is 0 Å². The van der Waals surface area contributed by atoms with Crippen LogP contribution in [-0.2, 0) is 16.2 Å². The second kappa shape index (κ2) is 6.23. The summed E-state index contributed by atoms with van der Waals surface area (Å²) in [6.07, 6.45) is -4.44. The number of carbonyl (C=O) groups excluding carboxylic acids is 1. The molecule has 20 heavy (non-hydrogen) atoms. The molecule has 0 bridgehead atoms. The number of nitrogens with one attached hydrogen (secondary N) is 1. The molecule has 3 N–H and O–H groups in total. The average Bonchev–Trinajstić information content (AvgIpc) is 2.32. The number of sulfonamides is 1. The van der Waals surface area contributed by atoms with Gasteiger partial charge >= 0.3 is 6.18 Å². The number of rotatable bonds is 5. The van der Waals surface area contributed by atoms with Crippen molar-refractivity contribution < 1.29 is 26.4 Å². The van der Waals surface area contributed by atoms with Crippen molar-refractivity contribution in [3.63, 3.8) is 0 Å². The second-order valence-electron chi connectivity index (χ2n) is 4.06. The lowest BCUT2D eigenvalue weighted by molar-refractivity contribution is -0.137. The second-order valence-corrected chi connectivity index (χ2v) is 5.79. The Morgan fingerprint density at radius 3 is 2.50 bits per heavy atom. The highest BCUT2D eigenvalue weighted by Crippen LogP contribution is 2.29. The number of nitrogens with two attached hydrogens (primary N) is 1. The third kappa shape index (κ3) is 5.57. The largest absolute Gasteiger partial charge is 0.416 e. The smallest absolute Gasteiger partial charge is 0.352 e. The summed E-state index contributed by atoms with van der Waals surface area (Å²) in [5.41, 5.74) is -1.06. The predicted molar refractivity (Wildman–Crippen MR) is 66.4 cm³/mol. The maximum atomic E-state index is 12.5. The van der Waals surface area contributed by atoms with Gasteiger partial charge < -0.3 is 5.32 Å². The van der Waals surface area contributed by atoms with Crippen molar-refractivity contribution >= 4 is 15.9 Å². The summed E-state index contributed by atoms with van der Waals surface area (Å²) in [4.78, 5) is 11.6. The van der Waals surface area contributed by atoms with E-state index < -0.39 is 27.7 Å². The van der Waals surface area contributed by atoms with Gasteiger partial charge in [-0.25, -0.2) is 13.6 Å². The van der Waals surface area contributed by atoms with Gasteiger partial charge in [-0.3, -0.25) is 4.79 Å². The molecule has 0 aliphatic carbocycles. The Morgan fingerprint density at radius 2 is 1.95 bits per heavy atom. The maximum absolute atomic E-state index is 12.5. The van der Waals surface area contributed by atoms with Gasteiger partial charge in [0.25, 0.3) is 5.91 Å². The standard InChI is InChI=1S/C11H13F3N2O3S/c12-11(13,14)9-4-1-3-8(7-9)10(17)16-5-2-6-20(15,18)19/h1,3-4,7H,2,5-6H2,(H,16,17)(H2,15,18,19). The third-order valence-corrected chi connectivity index (χ3v) is 3.20. The van der Waals surface area contributed by atoms with Crippen molar-refractivity contribution in [2.24, 2.45) is 5.14 Å². The van der Waals surface area contributed by atoms with Crippen LogP contribution in [0.3, 0.4) is 0 Å². The zero-order valence-electron chi connectivity index (χ0n) is 10.3. The zero-order chi connectivity index (χ0) is 15.4. The summed E-state index contributed by atoms with van der Waals surface area (Å²) in [6, 6.07) is 3.96. The van der Waals surface area contributed by atoms with Gasteiger partial charge in [0.1, 0.15) is 0 Å². The first-order valence-electron chi connectivity index (χ1n) is 5.55. The molecule has 0 atom stereocenters. The molecule has 0 saturated heterocycles. The highest BCUT2D eigenvalue weighted by molar-refractivity contribution is 7.89. The Labute approximate surface area is 114 Å². The molecule has 1 aromatic carbocycles. The molecule has 0 spiro atoms. The van der Waals surface area contributed by atoms with E-state index in [1.54, 1.807) is 0 Å². The summed E-state index contributed by atoms with van der Waals surface area (Å²) in [5, 5.41) is 7.09. The van der Waals surface area contributed by atoms with Gasteiger partial charge in [-0.1, -0.05) is 6.07 Å². The minimum atomic E-state index is -4.52. The lowest BCUT2D eigenvalue weighted by Crippen LogP contribution is -2.27. The molecule has 5 nitrogen and oxygen atoms in total. The van der Waals surface area contributed by atoms with Gasteiger partial charge in [-0.15, -0.1) is 0 Å². The first-order valence-corrected chi connectivity index (χ1v) is 7.27. The molecule has 1 aromatic rings. The Balaban J connectivity index is 2.60. The fraction of sp³-hybridized carbons (Fsp3) is 0.364. The molecule has 112 valence electrons. The van der Waals surface area contributed by atoms with Crippen LogP contribution in [0.2, 0.25) is 0 Å². The Morgan fingerprint density at radius 1 is 1.30 bits per heavy atom. The van der Waals surface area contributed by atoms with Crippen LogP contribution in [0.15, 0.2) is 24.3 Å². The van der Waals surface area contributed by atoms with Crippen molar-refractivity contribution in [1.82, 2.24) is 5.32 Å². The van der Waals surface area contributed by atoms with Crippen LogP contribution in [0.1, 0.15) is 22.3 Å². The normalized spacial score (nSPS) is 12.2. The minimum absolute atomic E-state index is 0.00547. The van der Waals surface area contributed by atoms with Gasteiger partial charge in [0.05, 0.1) is 11.3 Å². The van der Waals surface area contributed by atoms with Crippen LogP contribution in [0.5, 0.6) is 0 Å². The number of hydrogen-bond acceptors (Lipinski definition) is 3. The van der Waals surface area contributed by atoms with E-state index in [1.807, 2.05) is 0 Å². The fourth-order valence-corrected chi connectivity index (χ4v) is 1.96. The summed E-state index contributed by atoms with van der Waals surface area (Å²) in [6.45, 7) is 0.00547. The lowest BCUT2D eigenvalue weighted by Gasteiger charge is -2.09. The van der Waals surface area contributed by atoms with E-state index >= 15 is 0 Å². The molecule has 9 heteroatoms. The SMILES string of the molecule is NS(=O)(=O)CCCNC(=O)c1cccc(C(F)(F)F)c1. The number of alkyl halides is 3. The topological polar surface area (TPSA) is 89.3 Å². The number of benzene rings is 1. The zero-order valence-corrected chi connectivity index (χ0v) is 11.1. The van der Waals surface area contributed by atoms with Gasteiger partial charge in [0, 0.05) is 12.1 Å². The van der Waals surface area contributed by atoms with Crippen LogP contribution in [0.4, 0.5) is 13.2 Å². The van der Waals surface area contributed by atoms with E-state index in [0.29, 0.717) is 0 Å². The van der Waals surface area contributed by atoms with Gasteiger partial charge in [-0.05, 0) is 24.6 Å². The van der Waals surface area contributed by atoms with E-state index in [1.165, 1.54) is 6.07 Å². The van der Waals surface area contributed by atoms with Gasteiger partial charge in [0.15, 0.2) is 0 Å². The fourth-order valence-electron chi connectivity index (χ4n) is 1.41. The monoisotopic (exact) mass is 310 g/mol. The lowest BCUT2D eigenvalue weighted by atomic mass is 10.1. The number of amides is 1. The molecule has 0 radical (unpaired) electrons. The van der Waals surface area contributed by atoms with Crippen molar-refractivity contribution in [2.75, 3.05) is 12.3 Å². The number of carbonyl (C=O) groups is 1. The summed E-state index contributed by atoms with van der Waals surface area (Å²) < 4.78 is 58.7. The van der Waals surface area contributed by atoms with Crippen molar-refractivity contribution in [1.29, 1.82) is 0 Å². The highest BCUT2D eigenvalue weighted by Gasteiger charge is 2.30. The third-order valence-electron chi connectivity index (χ3n) is 2.34. The summed E-state index contributed by atoms with van der Waals surface area (Å²) >= 11 is 0. The highest BCUT2D eigenvalue weighted by atomic mass is 32.2. The number of primary sulfonamides is 1.